The second-order valence-corrected chi connectivity index (χ2v) is 2.69. The number of unbranched alkanes of at least 4 members (excludes halogenated alkanes) is 2. The van der Waals surface area contributed by atoms with Crippen molar-refractivity contribution in [1.29, 1.82) is 0 Å². The third kappa shape index (κ3) is 11.7. The summed E-state index contributed by atoms with van der Waals surface area (Å²) in [5.41, 5.74) is 0. The third-order valence-corrected chi connectivity index (χ3v) is 1.59. The Labute approximate surface area is 91.8 Å². The quantitative estimate of drug-likeness (QED) is 0.430. The number of hydrogen-bond acceptors (Lipinski definition) is 1. The summed E-state index contributed by atoms with van der Waals surface area (Å²) in [4.78, 5) is 9.95. The molecule has 0 radical (unpaired) electrons. The molecule has 1 N–H and O–H groups in total. The van der Waals surface area contributed by atoms with Gasteiger partial charge in [0.1, 0.15) is 0 Å². The van der Waals surface area contributed by atoms with Crippen LogP contribution in [0.3, 0.4) is 0 Å². The fraction of sp³-hybridized carbons (Fsp3) is 0.833. The number of carbonyl (C=O) groups is 1. The average Bonchev–Trinajstić information content (AvgIpc) is 1.80. The number of rotatable bonds is 5. The van der Waals surface area contributed by atoms with Crippen LogP contribution in [0.1, 0.15) is 25.7 Å². The number of halogens is 1. The number of carboxylic acids is 1. The Balaban J connectivity index is 0. The van der Waals surface area contributed by atoms with Crippen molar-refractivity contribution >= 4 is 51.5 Å². The van der Waals surface area contributed by atoms with E-state index in [0.717, 1.165) is 24.6 Å². The van der Waals surface area contributed by atoms with Gasteiger partial charge in [-0.1, -0.05) is 22.4 Å². The molecule has 0 spiro atoms. The molecule has 0 aromatic carbocycles. The molecule has 0 saturated carbocycles. The molecule has 0 aromatic rings. The van der Waals surface area contributed by atoms with Crippen LogP contribution in [0.2, 0.25) is 0 Å². The number of hydrogen-bond donors (Lipinski definition) is 1. The molecule has 10 heavy (non-hydrogen) atoms. The normalized spacial score (nSPS) is 8.50. The molecule has 56 valence electrons. The molecule has 0 aromatic heterocycles. The summed E-state index contributed by atoms with van der Waals surface area (Å²) in [6, 6.07) is 0. The van der Waals surface area contributed by atoms with Crippen LogP contribution >= 0.6 is 15.9 Å². The minimum absolute atomic E-state index is 0. The van der Waals surface area contributed by atoms with Crippen LogP contribution in [-0.2, 0) is 4.79 Å². The van der Waals surface area contributed by atoms with Gasteiger partial charge in [-0.25, -0.2) is 0 Å². The molecule has 0 aliphatic rings. The molecular weight excluding hydrogens is 207 g/mol. The number of carboxylic acid groups (broad SMARTS) is 1. The van der Waals surface area contributed by atoms with Gasteiger partial charge >= 0.3 is 35.5 Å². The van der Waals surface area contributed by atoms with Gasteiger partial charge in [0.2, 0.25) is 0 Å². The standard InChI is InChI=1S/C6H11BrO2.Na.H/c7-5-3-1-2-4-6(8)9;;/h1-5H2,(H,8,9);;. The van der Waals surface area contributed by atoms with Gasteiger partial charge in [0.25, 0.3) is 0 Å². The monoisotopic (exact) mass is 218 g/mol. The van der Waals surface area contributed by atoms with E-state index >= 15 is 0 Å². The molecule has 0 bridgehead atoms. The fourth-order valence-electron chi connectivity index (χ4n) is 0.547. The van der Waals surface area contributed by atoms with Gasteiger partial charge in [0.05, 0.1) is 0 Å². The predicted molar refractivity (Wildman–Crippen MR) is 47.0 cm³/mol. The predicted octanol–water partition coefficient (Wildman–Crippen LogP) is 1.38. The van der Waals surface area contributed by atoms with Crippen LogP contribution in [0.5, 0.6) is 0 Å². The molecule has 0 aliphatic heterocycles. The molecule has 2 nitrogen and oxygen atoms in total. The Bertz CT molecular complexity index is 87.8. The van der Waals surface area contributed by atoms with Crippen LogP contribution in [-0.4, -0.2) is 46.0 Å². The third-order valence-electron chi connectivity index (χ3n) is 1.02. The van der Waals surface area contributed by atoms with Crippen molar-refractivity contribution in [2.24, 2.45) is 0 Å². The van der Waals surface area contributed by atoms with Crippen LogP contribution < -0.4 is 0 Å². The molecule has 0 aliphatic carbocycles. The van der Waals surface area contributed by atoms with E-state index in [-0.39, 0.29) is 29.6 Å². The van der Waals surface area contributed by atoms with Gasteiger partial charge in [-0.15, -0.1) is 0 Å². The van der Waals surface area contributed by atoms with E-state index in [1.807, 2.05) is 0 Å². The van der Waals surface area contributed by atoms with Crippen molar-refractivity contribution in [3.05, 3.63) is 0 Å². The van der Waals surface area contributed by atoms with E-state index in [9.17, 15) is 4.79 Å². The molecule has 0 atom stereocenters. The van der Waals surface area contributed by atoms with Crippen LogP contribution in [0.15, 0.2) is 0 Å². The van der Waals surface area contributed by atoms with E-state index < -0.39 is 5.97 Å². The maximum atomic E-state index is 9.95. The molecule has 0 fully saturated rings. The summed E-state index contributed by atoms with van der Waals surface area (Å²) in [7, 11) is 0. The zero-order valence-corrected chi connectivity index (χ0v) is 6.85. The number of aliphatic carboxylic acids is 1. The van der Waals surface area contributed by atoms with E-state index in [2.05, 4.69) is 15.9 Å². The topological polar surface area (TPSA) is 37.3 Å². The molecule has 0 amide bonds. The van der Waals surface area contributed by atoms with Gasteiger partial charge in [-0.05, 0) is 12.8 Å². The Hall–Kier alpha value is 0.950. The van der Waals surface area contributed by atoms with Crippen LogP contribution in [0, 0.1) is 0 Å². The zero-order chi connectivity index (χ0) is 7.11. The molecule has 0 rings (SSSR count). The van der Waals surface area contributed by atoms with E-state index in [4.69, 9.17) is 5.11 Å². The van der Waals surface area contributed by atoms with Crippen LogP contribution in [0.25, 0.3) is 0 Å². The van der Waals surface area contributed by atoms with Gasteiger partial charge in [0.15, 0.2) is 0 Å². The van der Waals surface area contributed by atoms with E-state index in [1.54, 1.807) is 0 Å². The Morgan fingerprint density at radius 3 is 2.30 bits per heavy atom. The number of alkyl halides is 1. The molecule has 0 heterocycles. The average molecular weight is 219 g/mol. The first-order valence-electron chi connectivity index (χ1n) is 3.05. The molecule has 4 heteroatoms. The van der Waals surface area contributed by atoms with Gasteiger partial charge in [-0.3, -0.25) is 4.79 Å². The van der Waals surface area contributed by atoms with E-state index in [0.29, 0.717) is 6.42 Å². The van der Waals surface area contributed by atoms with Crippen molar-refractivity contribution < 1.29 is 9.90 Å². The van der Waals surface area contributed by atoms with Gasteiger partial charge in [-0.2, -0.15) is 0 Å². The molecular formula is C6H12BrNaO2. The zero-order valence-electron chi connectivity index (χ0n) is 5.27. The summed E-state index contributed by atoms with van der Waals surface area (Å²) in [6.45, 7) is 0. The van der Waals surface area contributed by atoms with Crippen LogP contribution in [0.4, 0.5) is 0 Å². The second kappa shape index (κ2) is 9.95. The van der Waals surface area contributed by atoms with Gasteiger partial charge < -0.3 is 5.11 Å². The Morgan fingerprint density at radius 2 is 1.90 bits per heavy atom. The van der Waals surface area contributed by atoms with Crippen molar-refractivity contribution in [2.45, 2.75) is 25.7 Å². The van der Waals surface area contributed by atoms with Crippen molar-refractivity contribution in [3.63, 3.8) is 0 Å². The summed E-state index contributed by atoms with van der Waals surface area (Å²) in [5, 5.41) is 9.18. The summed E-state index contributed by atoms with van der Waals surface area (Å²) < 4.78 is 0. The first-order valence-corrected chi connectivity index (χ1v) is 4.17. The fourth-order valence-corrected chi connectivity index (χ4v) is 0.944. The summed E-state index contributed by atoms with van der Waals surface area (Å²) in [6.07, 6.45) is 3.21. The molecule has 0 saturated heterocycles. The summed E-state index contributed by atoms with van der Waals surface area (Å²) >= 11 is 3.27. The Morgan fingerprint density at radius 1 is 1.30 bits per heavy atom. The first-order chi connectivity index (χ1) is 4.27. The summed E-state index contributed by atoms with van der Waals surface area (Å²) in [5.74, 6) is -0.690. The van der Waals surface area contributed by atoms with Crippen molar-refractivity contribution in [2.75, 3.05) is 5.33 Å². The van der Waals surface area contributed by atoms with Crippen molar-refractivity contribution in [1.82, 2.24) is 0 Å². The Kier molecular flexibility index (Phi) is 13.5. The SMILES string of the molecule is O=C(O)CCCCCBr.[NaH]. The first kappa shape index (κ1) is 13.5. The van der Waals surface area contributed by atoms with Crippen molar-refractivity contribution in [3.8, 4) is 0 Å². The maximum absolute atomic E-state index is 9.95. The molecule has 0 unspecified atom stereocenters. The minimum atomic E-state index is -0.690. The van der Waals surface area contributed by atoms with Gasteiger partial charge in [0, 0.05) is 11.8 Å². The van der Waals surface area contributed by atoms with E-state index in [1.165, 1.54) is 0 Å². The second-order valence-electron chi connectivity index (χ2n) is 1.89.